The van der Waals surface area contributed by atoms with E-state index < -0.39 is 0 Å². The number of likely N-dealkylation sites (tertiary alicyclic amines) is 1. The van der Waals surface area contributed by atoms with Gasteiger partial charge in [0.25, 0.3) is 0 Å². The Labute approximate surface area is 158 Å². The summed E-state index contributed by atoms with van der Waals surface area (Å²) in [5, 5.41) is 6.13. The van der Waals surface area contributed by atoms with Crippen LogP contribution in [0.25, 0.3) is 0 Å². The highest BCUT2D eigenvalue weighted by Crippen LogP contribution is 2.23. The molecule has 1 N–H and O–H groups in total. The van der Waals surface area contributed by atoms with Crippen molar-refractivity contribution in [2.24, 2.45) is 5.92 Å². The van der Waals surface area contributed by atoms with Crippen molar-refractivity contribution in [3.63, 3.8) is 0 Å². The van der Waals surface area contributed by atoms with E-state index in [0.29, 0.717) is 5.92 Å². The molecule has 1 saturated heterocycles. The minimum absolute atomic E-state index is 0.714. The van der Waals surface area contributed by atoms with Gasteiger partial charge in [-0.2, -0.15) is 0 Å². The summed E-state index contributed by atoms with van der Waals surface area (Å²) in [4.78, 5) is 15.7. The summed E-state index contributed by atoms with van der Waals surface area (Å²) in [7, 11) is 0. The summed E-state index contributed by atoms with van der Waals surface area (Å²) in [5.41, 5.74) is 2.51. The number of rotatable bonds is 6. The van der Waals surface area contributed by atoms with Crippen LogP contribution in [0.4, 0.5) is 10.9 Å². The number of aromatic nitrogens is 3. The molecule has 1 aliphatic rings. The van der Waals surface area contributed by atoms with Crippen molar-refractivity contribution in [3.8, 4) is 0 Å². The monoisotopic (exact) mass is 365 g/mol. The maximum atomic E-state index is 4.76. The second-order valence-corrected chi connectivity index (χ2v) is 7.65. The minimum atomic E-state index is 0.714. The zero-order chi connectivity index (χ0) is 17.6. The molecule has 4 rings (SSSR count). The van der Waals surface area contributed by atoms with Gasteiger partial charge in [-0.3, -0.25) is 9.88 Å². The molecule has 0 amide bonds. The Balaban J connectivity index is 1.29. The van der Waals surface area contributed by atoms with E-state index >= 15 is 0 Å². The molecule has 0 aromatic carbocycles. The number of thiazole rings is 1. The van der Waals surface area contributed by atoms with Gasteiger partial charge >= 0.3 is 0 Å². The maximum absolute atomic E-state index is 4.76. The van der Waals surface area contributed by atoms with E-state index in [1.807, 2.05) is 23.8 Å². The van der Waals surface area contributed by atoms with Crippen molar-refractivity contribution in [1.82, 2.24) is 19.9 Å². The molecule has 26 heavy (non-hydrogen) atoms. The molecule has 6 heteroatoms. The van der Waals surface area contributed by atoms with Gasteiger partial charge in [0.1, 0.15) is 5.82 Å². The Morgan fingerprint density at radius 3 is 2.69 bits per heavy atom. The first-order valence-corrected chi connectivity index (χ1v) is 9.97. The fraction of sp³-hybridized carbons (Fsp3) is 0.350. The maximum Gasteiger partial charge on any atom is 0.188 e. The number of hydrogen-bond acceptors (Lipinski definition) is 6. The van der Waals surface area contributed by atoms with Crippen LogP contribution in [-0.2, 0) is 13.0 Å². The lowest BCUT2D eigenvalue weighted by molar-refractivity contribution is 0.176. The number of anilines is 2. The van der Waals surface area contributed by atoms with Crippen LogP contribution in [0.1, 0.15) is 24.1 Å². The zero-order valence-electron chi connectivity index (χ0n) is 14.7. The summed E-state index contributed by atoms with van der Waals surface area (Å²) >= 11 is 1.59. The molecular weight excluding hydrogens is 342 g/mol. The van der Waals surface area contributed by atoms with E-state index in [1.165, 1.54) is 24.1 Å². The van der Waals surface area contributed by atoms with E-state index in [-0.39, 0.29) is 0 Å². The molecule has 0 saturated carbocycles. The van der Waals surface area contributed by atoms with E-state index in [2.05, 4.69) is 44.5 Å². The predicted molar refractivity (Wildman–Crippen MR) is 106 cm³/mol. The van der Waals surface area contributed by atoms with Crippen LogP contribution in [0.3, 0.4) is 0 Å². The Hall–Kier alpha value is -2.31. The summed E-state index contributed by atoms with van der Waals surface area (Å²) in [6.07, 6.45) is 9.07. The number of piperidine rings is 1. The molecule has 0 aliphatic carbocycles. The second-order valence-electron chi connectivity index (χ2n) is 6.76. The molecule has 134 valence electrons. The quantitative estimate of drug-likeness (QED) is 0.712. The molecule has 3 aromatic heterocycles. The Bertz CT molecular complexity index is 798. The van der Waals surface area contributed by atoms with Gasteiger partial charge in [-0.1, -0.05) is 6.07 Å². The van der Waals surface area contributed by atoms with Crippen LogP contribution in [0, 0.1) is 5.92 Å². The highest BCUT2D eigenvalue weighted by atomic mass is 32.1. The highest BCUT2D eigenvalue weighted by molar-refractivity contribution is 7.13. The molecule has 3 aromatic rings. The lowest BCUT2D eigenvalue weighted by Crippen LogP contribution is -2.33. The summed E-state index contributed by atoms with van der Waals surface area (Å²) in [6.45, 7) is 3.34. The standard InChI is InChI=1S/C20H23N5S/c1-2-18(23-19(3-1)24-20-22-10-13-26-20)14-16-6-11-25(12-7-16)15-17-4-8-21-9-5-17/h1-5,8-10,13,16H,6-7,11-12,14-15H2,(H,22,23,24). The number of pyridine rings is 2. The van der Waals surface area contributed by atoms with Gasteiger partial charge in [0.2, 0.25) is 0 Å². The van der Waals surface area contributed by atoms with Gasteiger partial charge in [0.05, 0.1) is 0 Å². The van der Waals surface area contributed by atoms with Crippen LogP contribution in [-0.4, -0.2) is 32.9 Å². The molecule has 0 unspecified atom stereocenters. The Morgan fingerprint density at radius 2 is 1.92 bits per heavy atom. The van der Waals surface area contributed by atoms with Crippen LogP contribution in [0.2, 0.25) is 0 Å². The average molecular weight is 366 g/mol. The molecule has 5 nitrogen and oxygen atoms in total. The van der Waals surface area contributed by atoms with Crippen LogP contribution < -0.4 is 5.32 Å². The second kappa shape index (κ2) is 8.38. The smallest absolute Gasteiger partial charge is 0.188 e. The van der Waals surface area contributed by atoms with E-state index in [1.54, 1.807) is 17.5 Å². The SMILES string of the molecule is c1cc(CC2CCN(Cc3ccncc3)CC2)nc(Nc2nccs2)c1. The molecule has 4 heterocycles. The highest BCUT2D eigenvalue weighted by Gasteiger charge is 2.20. The summed E-state index contributed by atoms with van der Waals surface area (Å²) in [6, 6.07) is 10.4. The fourth-order valence-electron chi connectivity index (χ4n) is 3.45. The third-order valence-electron chi connectivity index (χ3n) is 4.83. The van der Waals surface area contributed by atoms with Gasteiger partial charge in [0, 0.05) is 36.2 Å². The van der Waals surface area contributed by atoms with E-state index in [9.17, 15) is 0 Å². The first kappa shape index (κ1) is 17.1. The van der Waals surface area contributed by atoms with Gasteiger partial charge < -0.3 is 5.32 Å². The van der Waals surface area contributed by atoms with Crippen molar-refractivity contribution < 1.29 is 0 Å². The lowest BCUT2D eigenvalue weighted by atomic mass is 9.92. The van der Waals surface area contributed by atoms with E-state index in [0.717, 1.165) is 37.0 Å². The van der Waals surface area contributed by atoms with Crippen molar-refractivity contribution >= 4 is 22.3 Å². The van der Waals surface area contributed by atoms with Gasteiger partial charge in [-0.05, 0) is 68.1 Å². The van der Waals surface area contributed by atoms with Crippen molar-refractivity contribution in [2.45, 2.75) is 25.8 Å². The minimum Gasteiger partial charge on any atom is -0.316 e. The first-order chi connectivity index (χ1) is 12.8. The van der Waals surface area contributed by atoms with Crippen LogP contribution in [0.5, 0.6) is 0 Å². The van der Waals surface area contributed by atoms with Crippen molar-refractivity contribution in [1.29, 1.82) is 0 Å². The molecule has 0 spiro atoms. The van der Waals surface area contributed by atoms with Gasteiger partial charge in [0.15, 0.2) is 5.13 Å². The predicted octanol–water partition coefficient (Wildman–Crippen LogP) is 4.13. The Morgan fingerprint density at radius 1 is 1.08 bits per heavy atom. The van der Waals surface area contributed by atoms with Crippen LogP contribution in [0.15, 0.2) is 54.3 Å². The largest absolute Gasteiger partial charge is 0.316 e. The van der Waals surface area contributed by atoms with Crippen molar-refractivity contribution in [2.75, 3.05) is 18.4 Å². The molecule has 0 radical (unpaired) electrons. The molecule has 0 bridgehead atoms. The van der Waals surface area contributed by atoms with Crippen LogP contribution >= 0.6 is 11.3 Å². The fourth-order valence-corrected chi connectivity index (χ4v) is 3.98. The normalized spacial score (nSPS) is 15.8. The van der Waals surface area contributed by atoms with E-state index in [4.69, 9.17) is 4.98 Å². The van der Waals surface area contributed by atoms with Gasteiger partial charge in [-0.25, -0.2) is 9.97 Å². The van der Waals surface area contributed by atoms with Crippen molar-refractivity contribution in [3.05, 3.63) is 65.6 Å². The van der Waals surface area contributed by atoms with Gasteiger partial charge in [-0.15, -0.1) is 11.3 Å². The summed E-state index contributed by atoms with van der Waals surface area (Å²) < 4.78 is 0. The number of nitrogens with zero attached hydrogens (tertiary/aromatic N) is 4. The molecular formula is C20H23N5S. The third-order valence-corrected chi connectivity index (χ3v) is 5.52. The molecule has 1 aliphatic heterocycles. The zero-order valence-corrected chi connectivity index (χ0v) is 15.5. The number of nitrogens with one attached hydrogen (secondary N) is 1. The molecule has 0 atom stereocenters. The molecule has 1 fully saturated rings. The average Bonchev–Trinajstić information content (AvgIpc) is 3.18. The topological polar surface area (TPSA) is 53.9 Å². The first-order valence-electron chi connectivity index (χ1n) is 9.09. The summed E-state index contributed by atoms with van der Waals surface area (Å²) in [5.74, 6) is 1.60. The third kappa shape index (κ3) is 4.65. The lowest BCUT2D eigenvalue weighted by Gasteiger charge is -2.31. The number of hydrogen-bond donors (Lipinski definition) is 1. The Kier molecular flexibility index (Phi) is 5.52.